The number of ether oxygens (including phenoxy) is 1. The van der Waals surface area contributed by atoms with E-state index in [1.165, 1.54) is 0 Å². The molecule has 0 saturated carbocycles. The third-order valence-corrected chi connectivity index (χ3v) is 5.20. The van der Waals surface area contributed by atoms with E-state index in [1.807, 2.05) is 4.90 Å². The van der Waals surface area contributed by atoms with Gasteiger partial charge in [-0.3, -0.25) is 10.1 Å². The molecule has 106 valence electrons. The number of hydrogen-bond donors (Lipinski definition) is 0. The smallest absolute Gasteiger partial charge is 0.341 e. The highest BCUT2D eigenvalue weighted by Crippen LogP contribution is 2.44. The Kier molecular flexibility index (Phi) is 3.76. The van der Waals surface area contributed by atoms with Crippen molar-refractivity contribution in [2.75, 3.05) is 31.2 Å². The van der Waals surface area contributed by atoms with Gasteiger partial charge in [0.15, 0.2) is 5.82 Å². The van der Waals surface area contributed by atoms with E-state index in [2.05, 4.69) is 25.9 Å². The minimum atomic E-state index is -0.437. The van der Waals surface area contributed by atoms with E-state index in [0.29, 0.717) is 46.8 Å². The summed E-state index contributed by atoms with van der Waals surface area (Å²) in [4.78, 5) is 20.9. The van der Waals surface area contributed by atoms with Gasteiger partial charge in [0.25, 0.3) is 0 Å². The number of thiophene rings is 1. The molecule has 1 fully saturated rings. The van der Waals surface area contributed by atoms with Crippen molar-refractivity contribution >= 4 is 59.9 Å². The van der Waals surface area contributed by atoms with Gasteiger partial charge >= 0.3 is 5.00 Å². The molecule has 0 unspecified atom stereocenters. The molecule has 3 rings (SSSR count). The Hall–Kier alpha value is -1.03. The molecule has 2 aromatic heterocycles. The van der Waals surface area contributed by atoms with Crippen LogP contribution < -0.4 is 4.90 Å². The quantitative estimate of drug-likeness (QED) is 0.453. The molecular formula is C10H8BrClN4O3S. The maximum Gasteiger partial charge on any atom is 0.341 e. The predicted molar refractivity (Wildman–Crippen MR) is 79.8 cm³/mol. The highest BCUT2D eigenvalue weighted by atomic mass is 79.9. The Bertz CT molecular complexity index is 689. The molecule has 1 saturated heterocycles. The molecule has 0 aromatic carbocycles. The van der Waals surface area contributed by atoms with Crippen LogP contribution in [0.15, 0.2) is 4.47 Å². The lowest BCUT2D eigenvalue weighted by molar-refractivity contribution is -0.380. The lowest BCUT2D eigenvalue weighted by atomic mass is 10.3. The second-order valence-corrected chi connectivity index (χ2v) is 6.20. The molecule has 2 aromatic rings. The van der Waals surface area contributed by atoms with E-state index >= 15 is 0 Å². The Balaban J connectivity index is 2.20. The molecule has 10 heteroatoms. The summed E-state index contributed by atoms with van der Waals surface area (Å²) in [6, 6.07) is 0. The normalized spacial score (nSPS) is 15.8. The number of anilines is 1. The van der Waals surface area contributed by atoms with Gasteiger partial charge < -0.3 is 9.64 Å². The first-order valence-electron chi connectivity index (χ1n) is 5.70. The van der Waals surface area contributed by atoms with Gasteiger partial charge in [-0.25, -0.2) is 4.98 Å². The summed E-state index contributed by atoms with van der Waals surface area (Å²) in [6.07, 6.45) is 0. The molecule has 0 aliphatic carbocycles. The zero-order valence-electron chi connectivity index (χ0n) is 10.0. The number of morpholine rings is 1. The van der Waals surface area contributed by atoms with Gasteiger partial charge in [0.05, 0.1) is 18.1 Å². The van der Waals surface area contributed by atoms with Gasteiger partial charge in [-0.15, -0.1) is 0 Å². The molecule has 0 radical (unpaired) electrons. The third kappa shape index (κ3) is 2.34. The van der Waals surface area contributed by atoms with Gasteiger partial charge in [0.2, 0.25) is 5.28 Å². The molecule has 0 spiro atoms. The van der Waals surface area contributed by atoms with Crippen molar-refractivity contribution in [2.24, 2.45) is 0 Å². The maximum atomic E-state index is 11.0. The number of hydrogen-bond acceptors (Lipinski definition) is 7. The first-order chi connectivity index (χ1) is 9.58. The third-order valence-electron chi connectivity index (χ3n) is 2.89. The highest BCUT2D eigenvalue weighted by molar-refractivity contribution is 9.10. The van der Waals surface area contributed by atoms with Crippen LogP contribution in [0.4, 0.5) is 10.8 Å². The minimum absolute atomic E-state index is 0.00563. The van der Waals surface area contributed by atoms with Crippen LogP contribution in [0.25, 0.3) is 10.2 Å². The van der Waals surface area contributed by atoms with E-state index in [0.717, 1.165) is 11.3 Å². The number of fused-ring (bicyclic) bond motifs is 1. The van der Waals surface area contributed by atoms with Crippen molar-refractivity contribution in [3.05, 3.63) is 19.9 Å². The average Bonchev–Trinajstić information content (AvgIpc) is 2.77. The molecule has 1 aliphatic rings. The Labute approximate surface area is 130 Å². The summed E-state index contributed by atoms with van der Waals surface area (Å²) in [5, 5.41) is 11.1. The molecule has 1 aliphatic heterocycles. The Morgan fingerprint density at radius 3 is 2.75 bits per heavy atom. The summed E-state index contributed by atoms with van der Waals surface area (Å²) in [5.74, 6) is 0.627. The van der Waals surface area contributed by atoms with E-state index in [1.54, 1.807) is 0 Å². The van der Waals surface area contributed by atoms with Crippen molar-refractivity contribution in [2.45, 2.75) is 0 Å². The maximum absolute atomic E-state index is 11.0. The van der Waals surface area contributed by atoms with Crippen LogP contribution in [0, 0.1) is 10.1 Å². The van der Waals surface area contributed by atoms with E-state index in [4.69, 9.17) is 16.3 Å². The summed E-state index contributed by atoms with van der Waals surface area (Å²) in [6.45, 7) is 2.53. The summed E-state index contributed by atoms with van der Waals surface area (Å²) in [7, 11) is 0. The first kappa shape index (κ1) is 13.9. The standard InChI is InChI=1S/C10H8BrClN4O3S/c11-5-6-7(20-9(5)16(17)18)8(14-10(12)13-6)15-1-3-19-4-2-15/h1-4H2. The average molecular weight is 380 g/mol. The van der Waals surface area contributed by atoms with Crippen molar-refractivity contribution in [3.63, 3.8) is 0 Å². The minimum Gasteiger partial charge on any atom is -0.378 e. The molecule has 7 nitrogen and oxygen atoms in total. The van der Waals surface area contributed by atoms with Gasteiger partial charge in [-0.1, -0.05) is 11.3 Å². The number of nitro groups is 1. The van der Waals surface area contributed by atoms with Crippen LogP contribution in [-0.4, -0.2) is 41.2 Å². The summed E-state index contributed by atoms with van der Waals surface area (Å²) < 4.78 is 6.31. The van der Waals surface area contributed by atoms with Crippen molar-refractivity contribution in [1.29, 1.82) is 0 Å². The zero-order chi connectivity index (χ0) is 14.3. The molecule has 0 atom stereocenters. The SMILES string of the molecule is O=[N+]([O-])c1sc2c(N3CCOCC3)nc(Cl)nc2c1Br. The second-order valence-electron chi connectivity index (χ2n) is 4.07. The van der Waals surface area contributed by atoms with E-state index < -0.39 is 4.92 Å². The summed E-state index contributed by atoms with van der Waals surface area (Å²) >= 11 is 10.2. The van der Waals surface area contributed by atoms with Gasteiger partial charge in [0.1, 0.15) is 14.7 Å². The molecule has 20 heavy (non-hydrogen) atoms. The van der Waals surface area contributed by atoms with Gasteiger partial charge in [0, 0.05) is 13.1 Å². The monoisotopic (exact) mass is 378 g/mol. The van der Waals surface area contributed by atoms with Crippen LogP contribution in [0.5, 0.6) is 0 Å². The van der Waals surface area contributed by atoms with Crippen molar-refractivity contribution < 1.29 is 9.66 Å². The van der Waals surface area contributed by atoms with Crippen LogP contribution >= 0.6 is 38.9 Å². The zero-order valence-corrected chi connectivity index (χ0v) is 13.2. The fraction of sp³-hybridized carbons (Fsp3) is 0.400. The number of halogens is 2. The molecule has 0 N–H and O–H groups in total. The predicted octanol–water partition coefficient (Wildman–Crippen LogP) is 2.85. The second kappa shape index (κ2) is 5.40. The molecular weight excluding hydrogens is 372 g/mol. The van der Waals surface area contributed by atoms with Crippen LogP contribution in [0.3, 0.4) is 0 Å². The van der Waals surface area contributed by atoms with Gasteiger partial charge in [-0.05, 0) is 27.5 Å². The van der Waals surface area contributed by atoms with Gasteiger partial charge in [-0.2, -0.15) is 4.98 Å². The van der Waals surface area contributed by atoms with E-state index in [9.17, 15) is 10.1 Å². The lowest BCUT2D eigenvalue weighted by Crippen LogP contribution is -2.36. The Morgan fingerprint density at radius 2 is 2.10 bits per heavy atom. The van der Waals surface area contributed by atoms with Crippen LogP contribution in [-0.2, 0) is 4.74 Å². The van der Waals surface area contributed by atoms with Crippen LogP contribution in [0.1, 0.15) is 0 Å². The fourth-order valence-electron chi connectivity index (χ4n) is 2.00. The first-order valence-corrected chi connectivity index (χ1v) is 7.69. The lowest BCUT2D eigenvalue weighted by Gasteiger charge is -2.27. The molecule has 0 bridgehead atoms. The number of rotatable bonds is 2. The number of nitrogens with zero attached hydrogens (tertiary/aromatic N) is 4. The molecule has 3 heterocycles. The van der Waals surface area contributed by atoms with E-state index in [-0.39, 0.29) is 10.3 Å². The van der Waals surface area contributed by atoms with Crippen LogP contribution in [0.2, 0.25) is 5.28 Å². The molecule has 0 amide bonds. The largest absolute Gasteiger partial charge is 0.378 e. The van der Waals surface area contributed by atoms with Crippen molar-refractivity contribution in [1.82, 2.24) is 9.97 Å². The summed E-state index contributed by atoms with van der Waals surface area (Å²) in [5.41, 5.74) is 0.475. The highest BCUT2D eigenvalue weighted by Gasteiger charge is 2.26. The van der Waals surface area contributed by atoms with Crippen molar-refractivity contribution in [3.8, 4) is 0 Å². The Morgan fingerprint density at radius 1 is 1.40 bits per heavy atom. The number of aromatic nitrogens is 2. The fourth-order valence-corrected chi connectivity index (χ4v) is 3.94. The topological polar surface area (TPSA) is 81.4 Å².